The molecule has 1 N–H and O–H groups in total. The van der Waals surface area contributed by atoms with Gasteiger partial charge in [-0.3, -0.25) is 0 Å². The van der Waals surface area contributed by atoms with Gasteiger partial charge in [-0.2, -0.15) is 0 Å². The first-order valence-electron chi connectivity index (χ1n) is 7.37. The predicted molar refractivity (Wildman–Crippen MR) is 77.1 cm³/mol. The maximum absolute atomic E-state index is 11.8. The van der Waals surface area contributed by atoms with Crippen molar-refractivity contribution in [2.45, 2.75) is 37.9 Å². The Morgan fingerprint density at radius 3 is 3.05 bits per heavy atom. The van der Waals surface area contributed by atoms with Gasteiger partial charge in [-0.15, -0.1) is 0 Å². The Morgan fingerprint density at radius 2 is 2.24 bits per heavy atom. The smallest absolute Gasteiger partial charge is 0.462 e. The highest BCUT2D eigenvalue weighted by Crippen LogP contribution is 2.38. The SMILES string of the molecule is COC(=O)C1=C(OC2=CCC3B(O)OCC3=C2)CCCC1. The Hall–Kier alpha value is -1.53. The molecule has 0 aromatic carbocycles. The van der Waals surface area contributed by atoms with Crippen LogP contribution in [-0.2, 0) is 18.9 Å². The van der Waals surface area contributed by atoms with Crippen LogP contribution < -0.4 is 0 Å². The molecule has 0 spiro atoms. The van der Waals surface area contributed by atoms with Crippen molar-refractivity contribution < 1.29 is 23.9 Å². The molecule has 0 radical (unpaired) electrons. The van der Waals surface area contributed by atoms with Crippen LogP contribution in [0.4, 0.5) is 0 Å². The summed E-state index contributed by atoms with van der Waals surface area (Å²) in [6.07, 6.45) is 8.03. The number of hydrogen-bond acceptors (Lipinski definition) is 5. The fourth-order valence-electron chi connectivity index (χ4n) is 3.03. The lowest BCUT2D eigenvalue weighted by Crippen LogP contribution is -2.18. The number of carbonyl (C=O) groups is 1. The van der Waals surface area contributed by atoms with Gasteiger partial charge < -0.3 is 19.2 Å². The van der Waals surface area contributed by atoms with E-state index in [0.29, 0.717) is 30.8 Å². The summed E-state index contributed by atoms with van der Waals surface area (Å²) in [7, 11) is 0.680. The van der Waals surface area contributed by atoms with Crippen molar-refractivity contribution in [1.29, 1.82) is 0 Å². The van der Waals surface area contributed by atoms with E-state index in [-0.39, 0.29) is 11.8 Å². The van der Waals surface area contributed by atoms with E-state index in [4.69, 9.17) is 14.1 Å². The summed E-state index contributed by atoms with van der Waals surface area (Å²) >= 11 is 0. The zero-order chi connectivity index (χ0) is 14.8. The fraction of sp³-hybridized carbons (Fsp3) is 0.533. The van der Waals surface area contributed by atoms with Crippen LogP contribution in [0.25, 0.3) is 0 Å². The van der Waals surface area contributed by atoms with Crippen LogP contribution in [0.15, 0.2) is 34.8 Å². The van der Waals surface area contributed by atoms with E-state index < -0.39 is 7.12 Å². The molecular weight excluding hydrogens is 271 g/mol. The van der Waals surface area contributed by atoms with E-state index in [1.54, 1.807) is 0 Å². The molecule has 0 bridgehead atoms. The number of allylic oxidation sites excluding steroid dienone is 3. The molecule has 112 valence electrons. The van der Waals surface area contributed by atoms with Crippen LogP contribution in [-0.4, -0.2) is 31.8 Å². The Labute approximate surface area is 124 Å². The molecule has 0 amide bonds. The first kappa shape index (κ1) is 14.4. The van der Waals surface area contributed by atoms with E-state index in [2.05, 4.69) is 0 Å². The molecule has 1 unspecified atom stereocenters. The van der Waals surface area contributed by atoms with Crippen LogP contribution in [0.3, 0.4) is 0 Å². The lowest BCUT2D eigenvalue weighted by molar-refractivity contribution is -0.136. The average molecular weight is 290 g/mol. The number of carbonyl (C=O) groups excluding carboxylic acids is 1. The van der Waals surface area contributed by atoms with Gasteiger partial charge in [-0.05, 0) is 43.4 Å². The average Bonchev–Trinajstić information content (AvgIpc) is 2.88. The molecule has 2 aliphatic carbocycles. The van der Waals surface area contributed by atoms with Crippen LogP contribution in [0, 0.1) is 0 Å². The van der Waals surface area contributed by atoms with Crippen molar-refractivity contribution in [3.63, 3.8) is 0 Å². The molecule has 3 rings (SSSR count). The van der Waals surface area contributed by atoms with Crippen LogP contribution in [0.1, 0.15) is 32.1 Å². The molecule has 5 nitrogen and oxygen atoms in total. The molecule has 21 heavy (non-hydrogen) atoms. The number of methoxy groups -OCH3 is 1. The third kappa shape index (κ3) is 2.92. The van der Waals surface area contributed by atoms with Crippen molar-refractivity contribution in [1.82, 2.24) is 0 Å². The normalized spacial score (nSPS) is 25.2. The molecule has 1 saturated heterocycles. The number of ether oxygens (including phenoxy) is 2. The Bertz CT molecular complexity index is 534. The van der Waals surface area contributed by atoms with Gasteiger partial charge in [0.05, 0.1) is 19.3 Å². The molecule has 1 fully saturated rings. The number of esters is 1. The summed E-state index contributed by atoms with van der Waals surface area (Å²) in [6, 6.07) is 0. The van der Waals surface area contributed by atoms with Crippen LogP contribution in [0.5, 0.6) is 0 Å². The van der Waals surface area contributed by atoms with Crippen molar-refractivity contribution in [2.75, 3.05) is 13.7 Å². The Kier molecular flexibility index (Phi) is 4.17. The highest BCUT2D eigenvalue weighted by atomic mass is 16.5. The highest BCUT2D eigenvalue weighted by molar-refractivity contribution is 6.47. The lowest BCUT2D eigenvalue weighted by atomic mass is 9.68. The summed E-state index contributed by atoms with van der Waals surface area (Å²) in [5, 5.41) is 9.68. The second kappa shape index (κ2) is 6.07. The molecule has 0 aromatic heterocycles. The summed E-state index contributed by atoms with van der Waals surface area (Å²) in [5.41, 5.74) is 1.70. The van der Waals surface area contributed by atoms with E-state index in [1.807, 2.05) is 12.2 Å². The molecule has 6 heteroatoms. The van der Waals surface area contributed by atoms with Crippen molar-refractivity contribution in [2.24, 2.45) is 0 Å². The first-order chi connectivity index (χ1) is 10.2. The third-order valence-electron chi connectivity index (χ3n) is 4.23. The molecular formula is C15H19BO5. The van der Waals surface area contributed by atoms with E-state index >= 15 is 0 Å². The first-order valence-corrected chi connectivity index (χ1v) is 7.37. The van der Waals surface area contributed by atoms with Gasteiger partial charge in [-0.25, -0.2) is 4.79 Å². The Balaban J connectivity index is 1.77. The van der Waals surface area contributed by atoms with Crippen molar-refractivity contribution in [3.05, 3.63) is 34.8 Å². The van der Waals surface area contributed by atoms with Crippen molar-refractivity contribution >= 4 is 13.1 Å². The minimum atomic E-state index is -0.714. The second-order valence-corrected chi connectivity index (χ2v) is 5.57. The van der Waals surface area contributed by atoms with E-state index in [0.717, 1.165) is 30.6 Å². The third-order valence-corrected chi connectivity index (χ3v) is 4.23. The van der Waals surface area contributed by atoms with Gasteiger partial charge in [0.2, 0.25) is 0 Å². The summed E-state index contributed by atoms with van der Waals surface area (Å²) in [5.74, 6) is 1.19. The van der Waals surface area contributed by atoms with Crippen LogP contribution in [0.2, 0.25) is 5.82 Å². The largest absolute Gasteiger partial charge is 0.466 e. The van der Waals surface area contributed by atoms with Gasteiger partial charge in [0.25, 0.3) is 0 Å². The van der Waals surface area contributed by atoms with Gasteiger partial charge >= 0.3 is 13.1 Å². The molecule has 1 aliphatic heterocycles. The topological polar surface area (TPSA) is 65.0 Å². The minimum Gasteiger partial charge on any atom is -0.466 e. The fourth-order valence-corrected chi connectivity index (χ4v) is 3.03. The zero-order valence-electron chi connectivity index (χ0n) is 12.1. The van der Waals surface area contributed by atoms with Gasteiger partial charge in [0.15, 0.2) is 0 Å². The summed E-state index contributed by atoms with van der Waals surface area (Å²) < 4.78 is 16.0. The van der Waals surface area contributed by atoms with E-state index in [9.17, 15) is 9.82 Å². The molecule has 1 atom stereocenters. The number of hydrogen-bond donors (Lipinski definition) is 1. The minimum absolute atomic E-state index is 0.0396. The highest BCUT2D eigenvalue weighted by Gasteiger charge is 2.37. The van der Waals surface area contributed by atoms with Gasteiger partial charge in [0, 0.05) is 12.2 Å². The molecule has 0 aromatic rings. The van der Waals surface area contributed by atoms with E-state index in [1.165, 1.54) is 7.11 Å². The monoisotopic (exact) mass is 290 g/mol. The molecule has 1 heterocycles. The quantitative estimate of drug-likeness (QED) is 0.637. The van der Waals surface area contributed by atoms with Crippen LogP contribution >= 0.6 is 0 Å². The predicted octanol–water partition coefficient (Wildman–Crippen LogP) is 2.10. The maximum atomic E-state index is 11.8. The second-order valence-electron chi connectivity index (χ2n) is 5.57. The van der Waals surface area contributed by atoms with Gasteiger partial charge in [0.1, 0.15) is 11.5 Å². The lowest BCUT2D eigenvalue weighted by Gasteiger charge is -2.22. The summed E-state index contributed by atoms with van der Waals surface area (Å²) in [6.45, 7) is 0.440. The summed E-state index contributed by atoms with van der Waals surface area (Å²) in [4.78, 5) is 11.8. The molecule has 3 aliphatic rings. The molecule has 0 saturated carbocycles. The number of fused-ring (bicyclic) bond motifs is 1. The van der Waals surface area contributed by atoms with Gasteiger partial charge in [-0.1, -0.05) is 0 Å². The number of rotatable bonds is 3. The van der Waals surface area contributed by atoms with Crippen molar-refractivity contribution in [3.8, 4) is 0 Å². The zero-order valence-corrected chi connectivity index (χ0v) is 12.1. The standard InChI is InChI=1S/C15H19BO5/c1-19-15(17)12-4-2-3-5-14(12)21-11-6-7-13-10(8-11)9-20-16(13)18/h6,8,13,18H,2-5,7,9H2,1H3. The maximum Gasteiger partial charge on any atom is 0.462 e. The Morgan fingerprint density at radius 1 is 1.43 bits per heavy atom.